The lowest BCUT2D eigenvalue weighted by molar-refractivity contribution is -0.166. The second-order valence-electron chi connectivity index (χ2n) is 16.0. The Bertz CT molecular complexity index is 1010. The van der Waals surface area contributed by atoms with Crippen molar-refractivity contribution in [1.29, 1.82) is 0 Å². The Hall–Kier alpha value is -2.63. The van der Waals surface area contributed by atoms with Crippen molar-refractivity contribution >= 4 is 17.9 Å². The van der Waals surface area contributed by atoms with E-state index in [0.717, 1.165) is 64.2 Å². The van der Waals surface area contributed by atoms with E-state index in [4.69, 9.17) is 14.2 Å². The van der Waals surface area contributed by atoms with Gasteiger partial charge in [-0.1, -0.05) is 223 Å². The third kappa shape index (κ3) is 44.3. The van der Waals surface area contributed by atoms with Gasteiger partial charge in [-0.15, -0.1) is 0 Å². The predicted molar refractivity (Wildman–Crippen MR) is 242 cm³/mol. The first-order chi connectivity index (χ1) is 28.0. The van der Waals surface area contributed by atoms with Gasteiger partial charge in [0.15, 0.2) is 6.10 Å². The molecule has 0 saturated carbocycles. The average molecular weight is 799 g/mol. The second kappa shape index (κ2) is 46.1. The molecule has 0 aliphatic rings. The molecule has 0 fully saturated rings. The van der Waals surface area contributed by atoms with E-state index in [1.165, 1.54) is 128 Å². The molecule has 0 heterocycles. The number of carbonyl (C=O) groups excluding carboxylic acids is 3. The summed E-state index contributed by atoms with van der Waals surface area (Å²) in [4.78, 5) is 37.8. The number of rotatable bonds is 43. The molecule has 0 amide bonds. The summed E-state index contributed by atoms with van der Waals surface area (Å²) in [5, 5.41) is 0. The molecule has 0 aromatic carbocycles. The molecule has 1 unspecified atom stereocenters. The molecule has 0 aliphatic heterocycles. The van der Waals surface area contributed by atoms with E-state index in [1.807, 2.05) is 12.2 Å². The first-order valence-electron chi connectivity index (χ1n) is 24.1. The van der Waals surface area contributed by atoms with Gasteiger partial charge in [-0.05, 0) is 44.9 Å². The molecule has 0 rings (SSSR count). The van der Waals surface area contributed by atoms with Crippen LogP contribution in [0.5, 0.6) is 0 Å². The van der Waals surface area contributed by atoms with Crippen molar-refractivity contribution in [3.05, 3.63) is 48.6 Å². The summed E-state index contributed by atoms with van der Waals surface area (Å²) in [6.45, 7) is 6.46. The number of hydrogen-bond donors (Lipinski definition) is 0. The monoisotopic (exact) mass is 799 g/mol. The molecular formula is C51H90O6. The number of ether oxygens (including phenoxy) is 3. The summed E-state index contributed by atoms with van der Waals surface area (Å²) in [7, 11) is 0. The Morgan fingerprint density at radius 3 is 1.04 bits per heavy atom. The molecule has 1 atom stereocenters. The minimum atomic E-state index is -0.804. The zero-order valence-corrected chi connectivity index (χ0v) is 37.6. The van der Waals surface area contributed by atoms with E-state index in [0.29, 0.717) is 19.3 Å². The number of allylic oxidation sites excluding steroid dienone is 8. The molecule has 0 N–H and O–H groups in total. The van der Waals surface area contributed by atoms with Gasteiger partial charge in [-0.3, -0.25) is 14.4 Å². The van der Waals surface area contributed by atoms with Crippen molar-refractivity contribution in [3.63, 3.8) is 0 Å². The lowest BCUT2D eigenvalue weighted by Gasteiger charge is -2.18. The number of carbonyl (C=O) groups is 3. The molecule has 0 bridgehead atoms. The highest BCUT2D eigenvalue weighted by molar-refractivity contribution is 5.71. The van der Waals surface area contributed by atoms with Gasteiger partial charge in [0.2, 0.25) is 0 Å². The van der Waals surface area contributed by atoms with Gasteiger partial charge < -0.3 is 14.2 Å². The van der Waals surface area contributed by atoms with Crippen molar-refractivity contribution in [2.24, 2.45) is 0 Å². The van der Waals surface area contributed by atoms with Crippen molar-refractivity contribution in [2.75, 3.05) is 13.2 Å². The fraction of sp³-hybridized carbons (Fsp3) is 0.784. The lowest BCUT2D eigenvalue weighted by Crippen LogP contribution is -2.30. The third-order valence-corrected chi connectivity index (χ3v) is 10.4. The van der Waals surface area contributed by atoms with E-state index in [1.54, 1.807) is 0 Å². The summed E-state index contributed by atoms with van der Waals surface area (Å²) in [5.74, 6) is -0.975. The Morgan fingerprint density at radius 2 is 0.684 bits per heavy atom. The van der Waals surface area contributed by atoms with E-state index < -0.39 is 6.10 Å². The predicted octanol–water partition coefficient (Wildman–Crippen LogP) is 15.5. The number of hydrogen-bond acceptors (Lipinski definition) is 6. The van der Waals surface area contributed by atoms with Crippen molar-refractivity contribution in [3.8, 4) is 0 Å². The van der Waals surface area contributed by atoms with Gasteiger partial charge in [0.05, 0.1) is 0 Å². The highest BCUT2D eigenvalue weighted by atomic mass is 16.6. The second-order valence-corrected chi connectivity index (χ2v) is 16.0. The first-order valence-corrected chi connectivity index (χ1v) is 24.1. The molecule has 0 radical (unpaired) electrons. The highest BCUT2D eigenvalue weighted by Crippen LogP contribution is 2.15. The molecule has 57 heavy (non-hydrogen) atoms. The van der Waals surface area contributed by atoms with Gasteiger partial charge in [-0.2, -0.15) is 0 Å². The first kappa shape index (κ1) is 54.4. The zero-order valence-electron chi connectivity index (χ0n) is 37.6. The van der Waals surface area contributed by atoms with Crippen LogP contribution in [0.4, 0.5) is 0 Å². The molecule has 0 saturated heterocycles. The topological polar surface area (TPSA) is 78.9 Å². The van der Waals surface area contributed by atoms with Gasteiger partial charge in [0.25, 0.3) is 0 Å². The van der Waals surface area contributed by atoms with Crippen LogP contribution < -0.4 is 0 Å². The quantitative estimate of drug-likeness (QED) is 0.0265. The molecule has 0 aromatic heterocycles. The summed E-state index contributed by atoms with van der Waals surface area (Å²) in [6, 6.07) is 0. The summed E-state index contributed by atoms with van der Waals surface area (Å²) in [5.41, 5.74) is 0. The fourth-order valence-corrected chi connectivity index (χ4v) is 6.75. The van der Waals surface area contributed by atoms with Gasteiger partial charge in [0, 0.05) is 19.3 Å². The van der Waals surface area contributed by atoms with E-state index in [-0.39, 0.29) is 37.5 Å². The van der Waals surface area contributed by atoms with E-state index >= 15 is 0 Å². The van der Waals surface area contributed by atoms with Crippen molar-refractivity contribution < 1.29 is 28.6 Å². The van der Waals surface area contributed by atoms with E-state index in [9.17, 15) is 14.4 Å². The number of esters is 3. The molecule has 0 aliphatic carbocycles. The summed E-state index contributed by atoms with van der Waals surface area (Å²) in [6.07, 6.45) is 53.9. The van der Waals surface area contributed by atoms with Crippen LogP contribution in [-0.2, 0) is 28.6 Å². The van der Waals surface area contributed by atoms with Crippen LogP contribution >= 0.6 is 0 Å². The molecular weight excluding hydrogens is 709 g/mol. The number of unbranched alkanes of at least 4 members (excludes halogenated alkanes) is 24. The normalized spacial score (nSPS) is 12.4. The van der Waals surface area contributed by atoms with Crippen LogP contribution in [0, 0.1) is 0 Å². The largest absolute Gasteiger partial charge is 0.462 e. The summed E-state index contributed by atoms with van der Waals surface area (Å²) < 4.78 is 16.7. The Labute approximate surface area is 352 Å². The van der Waals surface area contributed by atoms with Crippen LogP contribution in [0.3, 0.4) is 0 Å². The third-order valence-electron chi connectivity index (χ3n) is 10.4. The minimum absolute atomic E-state index is 0.0982. The van der Waals surface area contributed by atoms with Crippen LogP contribution in [0.25, 0.3) is 0 Å². The van der Waals surface area contributed by atoms with Crippen LogP contribution in [0.2, 0.25) is 0 Å². The molecule has 6 heteroatoms. The van der Waals surface area contributed by atoms with Crippen molar-refractivity contribution in [1.82, 2.24) is 0 Å². The van der Waals surface area contributed by atoms with E-state index in [2.05, 4.69) is 57.2 Å². The van der Waals surface area contributed by atoms with Crippen LogP contribution in [0.15, 0.2) is 48.6 Å². The van der Waals surface area contributed by atoms with Gasteiger partial charge >= 0.3 is 17.9 Å². The highest BCUT2D eigenvalue weighted by Gasteiger charge is 2.19. The Balaban J connectivity index is 4.44. The Kier molecular flexibility index (Phi) is 43.9. The maximum absolute atomic E-state index is 12.7. The average Bonchev–Trinajstić information content (AvgIpc) is 3.21. The Morgan fingerprint density at radius 1 is 0.368 bits per heavy atom. The molecule has 330 valence electrons. The molecule has 6 nitrogen and oxygen atoms in total. The van der Waals surface area contributed by atoms with Crippen molar-refractivity contribution in [2.45, 2.75) is 245 Å². The maximum atomic E-state index is 12.7. The van der Waals surface area contributed by atoms with Gasteiger partial charge in [0.1, 0.15) is 13.2 Å². The molecule has 0 aromatic rings. The van der Waals surface area contributed by atoms with Crippen LogP contribution in [-0.4, -0.2) is 37.2 Å². The SMILES string of the molecule is CC/C=C\C/C=C\C/C=C\C/C=C\CCC(=O)OC(COC(=O)CCCCCCCCCCCCCC)COC(=O)CCCCCCCCCCCCCCCC. The van der Waals surface area contributed by atoms with Crippen LogP contribution in [0.1, 0.15) is 239 Å². The lowest BCUT2D eigenvalue weighted by atomic mass is 10.0. The van der Waals surface area contributed by atoms with Gasteiger partial charge in [-0.25, -0.2) is 0 Å². The minimum Gasteiger partial charge on any atom is -0.462 e. The molecule has 0 spiro atoms. The fourth-order valence-electron chi connectivity index (χ4n) is 6.75. The maximum Gasteiger partial charge on any atom is 0.306 e. The summed E-state index contributed by atoms with van der Waals surface area (Å²) >= 11 is 0. The standard InChI is InChI=1S/C51H90O6/c1-4-7-10-13-16-19-22-25-27-29-32-35-38-41-44-50(53)56-47-48(46-55-49(52)43-40-37-34-31-28-24-21-18-15-12-9-6-3)57-51(54)45-42-39-36-33-30-26-23-20-17-14-11-8-5-2/h8,11,17,20,26,30,36,39,48H,4-7,9-10,12-16,18-19,21-25,27-29,31-35,37-38,40-47H2,1-3H3/b11-8-,20-17-,30-26-,39-36-. The smallest absolute Gasteiger partial charge is 0.306 e. The zero-order chi connectivity index (χ0) is 41.5.